The smallest absolute Gasteiger partial charge is 0.269 e. The van der Waals surface area contributed by atoms with Gasteiger partial charge in [-0.3, -0.25) is 25.2 Å². The SMILES string of the molecule is COc1cc(C(=O)NNC(=O)CSCC(=O)Nc2ccc(C)cc2C)ccc1OC(C)C. The number of hydrazine groups is 1. The fraction of sp³-hybridized carbons (Fsp3) is 0.348. The Morgan fingerprint density at radius 2 is 1.66 bits per heavy atom. The Morgan fingerprint density at radius 3 is 2.31 bits per heavy atom. The maximum Gasteiger partial charge on any atom is 0.269 e. The maximum atomic E-state index is 12.3. The molecule has 0 aliphatic heterocycles. The average molecular weight is 460 g/mol. The van der Waals surface area contributed by atoms with Crippen molar-refractivity contribution < 1.29 is 23.9 Å². The van der Waals surface area contributed by atoms with Crippen molar-refractivity contribution in [3.8, 4) is 11.5 Å². The summed E-state index contributed by atoms with van der Waals surface area (Å²) >= 11 is 1.15. The molecule has 9 heteroatoms. The zero-order chi connectivity index (χ0) is 23.7. The Labute approximate surface area is 192 Å². The highest BCUT2D eigenvalue weighted by molar-refractivity contribution is 8.00. The molecule has 3 N–H and O–H groups in total. The van der Waals surface area contributed by atoms with E-state index < -0.39 is 11.8 Å². The van der Waals surface area contributed by atoms with Gasteiger partial charge >= 0.3 is 0 Å². The molecule has 0 unspecified atom stereocenters. The second kappa shape index (κ2) is 12.0. The highest BCUT2D eigenvalue weighted by Crippen LogP contribution is 2.28. The number of hydrogen-bond donors (Lipinski definition) is 3. The van der Waals surface area contributed by atoms with Crippen LogP contribution in [0.5, 0.6) is 11.5 Å². The van der Waals surface area contributed by atoms with Crippen molar-refractivity contribution in [1.29, 1.82) is 0 Å². The van der Waals surface area contributed by atoms with E-state index in [0.29, 0.717) is 17.1 Å². The molecule has 3 amide bonds. The van der Waals surface area contributed by atoms with E-state index in [-0.39, 0.29) is 23.5 Å². The summed E-state index contributed by atoms with van der Waals surface area (Å²) in [7, 11) is 1.49. The van der Waals surface area contributed by atoms with E-state index in [1.165, 1.54) is 13.2 Å². The molecular formula is C23H29N3O5S. The van der Waals surface area contributed by atoms with Crippen LogP contribution in [0.3, 0.4) is 0 Å². The number of amides is 3. The number of carbonyl (C=O) groups excluding carboxylic acids is 3. The summed E-state index contributed by atoms with van der Waals surface area (Å²) in [5.74, 6) is -0.0372. The second-order valence-electron chi connectivity index (χ2n) is 7.39. The van der Waals surface area contributed by atoms with Crippen molar-refractivity contribution >= 4 is 35.2 Å². The van der Waals surface area contributed by atoms with Crippen LogP contribution in [0.1, 0.15) is 35.3 Å². The number of thioether (sulfide) groups is 1. The van der Waals surface area contributed by atoms with Crippen LogP contribution in [-0.4, -0.2) is 42.4 Å². The molecule has 0 saturated carbocycles. The molecule has 0 radical (unpaired) electrons. The molecule has 0 heterocycles. The van der Waals surface area contributed by atoms with Crippen LogP contribution < -0.4 is 25.6 Å². The summed E-state index contributed by atoms with van der Waals surface area (Å²) in [5.41, 5.74) is 7.84. The molecule has 2 aromatic carbocycles. The number of aryl methyl sites for hydroxylation is 2. The predicted octanol–water partition coefficient (Wildman–Crippen LogP) is 3.23. The molecule has 0 spiro atoms. The first-order valence-electron chi connectivity index (χ1n) is 10.1. The van der Waals surface area contributed by atoms with Crippen LogP contribution in [0, 0.1) is 13.8 Å². The molecule has 2 rings (SSSR count). The summed E-state index contributed by atoms with van der Waals surface area (Å²) < 4.78 is 10.9. The van der Waals surface area contributed by atoms with Gasteiger partial charge in [-0.2, -0.15) is 0 Å². The molecule has 0 aliphatic rings. The summed E-state index contributed by atoms with van der Waals surface area (Å²) in [6.07, 6.45) is -0.0386. The van der Waals surface area contributed by atoms with Gasteiger partial charge in [-0.1, -0.05) is 17.7 Å². The van der Waals surface area contributed by atoms with Gasteiger partial charge in [-0.15, -0.1) is 11.8 Å². The van der Waals surface area contributed by atoms with E-state index in [0.717, 1.165) is 28.6 Å². The third-order valence-corrected chi connectivity index (χ3v) is 5.16. The Morgan fingerprint density at radius 1 is 0.938 bits per heavy atom. The van der Waals surface area contributed by atoms with Gasteiger partial charge in [0.2, 0.25) is 11.8 Å². The van der Waals surface area contributed by atoms with Crippen molar-refractivity contribution in [3.63, 3.8) is 0 Å². The average Bonchev–Trinajstić information content (AvgIpc) is 2.74. The molecule has 0 aromatic heterocycles. The summed E-state index contributed by atoms with van der Waals surface area (Å²) in [6, 6.07) is 10.5. The van der Waals surface area contributed by atoms with Crippen LogP contribution in [-0.2, 0) is 9.59 Å². The van der Waals surface area contributed by atoms with Crippen LogP contribution in [0.25, 0.3) is 0 Å². The van der Waals surface area contributed by atoms with Gasteiger partial charge in [0.15, 0.2) is 11.5 Å². The van der Waals surface area contributed by atoms with Crippen LogP contribution in [0.2, 0.25) is 0 Å². The number of ether oxygens (including phenoxy) is 2. The number of carbonyl (C=O) groups is 3. The second-order valence-corrected chi connectivity index (χ2v) is 8.38. The Hall–Kier alpha value is -3.20. The van der Waals surface area contributed by atoms with Crippen LogP contribution in [0.15, 0.2) is 36.4 Å². The molecule has 8 nitrogen and oxygen atoms in total. The normalized spacial score (nSPS) is 10.4. The van der Waals surface area contributed by atoms with Crippen molar-refractivity contribution in [2.24, 2.45) is 0 Å². The fourth-order valence-electron chi connectivity index (χ4n) is 2.77. The van der Waals surface area contributed by atoms with Crippen LogP contribution in [0.4, 0.5) is 5.69 Å². The fourth-order valence-corrected chi connectivity index (χ4v) is 3.39. The lowest BCUT2D eigenvalue weighted by Gasteiger charge is -2.14. The first-order valence-corrected chi connectivity index (χ1v) is 11.2. The van der Waals surface area contributed by atoms with E-state index in [2.05, 4.69) is 16.2 Å². The first-order chi connectivity index (χ1) is 15.2. The van der Waals surface area contributed by atoms with Gasteiger partial charge in [0, 0.05) is 11.3 Å². The number of benzene rings is 2. The Balaban J connectivity index is 1.76. The summed E-state index contributed by atoms with van der Waals surface area (Å²) in [5, 5.41) is 2.83. The Kier molecular flexibility index (Phi) is 9.39. The van der Waals surface area contributed by atoms with Crippen molar-refractivity contribution in [2.45, 2.75) is 33.8 Å². The minimum absolute atomic E-state index is 0.0189. The molecule has 2 aromatic rings. The molecule has 0 aliphatic carbocycles. The van der Waals surface area contributed by atoms with Gasteiger partial charge in [-0.25, -0.2) is 0 Å². The van der Waals surface area contributed by atoms with Crippen molar-refractivity contribution in [1.82, 2.24) is 10.9 Å². The molecule has 172 valence electrons. The third-order valence-electron chi connectivity index (χ3n) is 4.23. The molecule has 0 atom stereocenters. The molecule has 0 bridgehead atoms. The highest BCUT2D eigenvalue weighted by atomic mass is 32.2. The maximum absolute atomic E-state index is 12.3. The largest absolute Gasteiger partial charge is 0.493 e. The number of methoxy groups -OCH3 is 1. The number of anilines is 1. The third kappa shape index (κ3) is 7.81. The minimum atomic E-state index is -0.495. The van der Waals surface area contributed by atoms with E-state index in [9.17, 15) is 14.4 Å². The molecular weight excluding hydrogens is 430 g/mol. The summed E-state index contributed by atoms with van der Waals surface area (Å²) in [6.45, 7) is 7.69. The highest BCUT2D eigenvalue weighted by Gasteiger charge is 2.13. The van der Waals surface area contributed by atoms with Crippen molar-refractivity contribution in [2.75, 3.05) is 23.9 Å². The molecule has 0 saturated heterocycles. The lowest BCUT2D eigenvalue weighted by atomic mass is 10.1. The summed E-state index contributed by atoms with van der Waals surface area (Å²) in [4.78, 5) is 36.4. The van der Waals surface area contributed by atoms with E-state index in [4.69, 9.17) is 9.47 Å². The first kappa shape index (κ1) is 25.1. The molecule has 0 fully saturated rings. The standard InChI is InChI=1S/C23H29N3O5S/c1-14(2)31-19-9-7-17(11-20(19)30-5)23(29)26-25-22(28)13-32-12-21(27)24-18-8-6-15(3)10-16(18)4/h6-11,14H,12-13H2,1-5H3,(H,24,27)(H,25,28)(H,26,29). The molecule has 32 heavy (non-hydrogen) atoms. The zero-order valence-electron chi connectivity index (χ0n) is 18.9. The lowest BCUT2D eigenvalue weighted by Crippen LogP contribution is -2.42. The van der Waals surface area contributed by atoms with Gasteiger partial charge in [-0.05, 0) is 57.5 Å². The number of rotatable bonds is 9. The predicted molar refractivity (Wildman–Crippen MR) is 126 cm³/mol. The van der Waals surface area contributed by atoms with Crippen LogP contribution >= 0.6 is 11.8 Å². The Bertz CT molecular complexity index is 978. The topological polar surface area (TPSA) is 106 Å². The van der Waals surface area contributed by atoms with Gasteiger partial charge < -0.3 is 14.8 Å². The van der Waals surface area contributed by atoms with E-state index in [1.54, 1.807) is 12.1 Å². The van der Waals surface area contributed by atoms with Gasteiger partial charge in [0.05, 0.1) is 24.7 Å². The lowest BCUT2D eigenvalue weighted by molar-refractivity contribution is -0.119. The quantitative estimate of drug-likeness (QED) is 0.497. The number of nitrogens with one attached hydrogen (secondary N) is 3. The monoisotopic (exact) mass is 459 g/mol. The van der Waals surface area contributed by atoms with Crippen molar-refractivity contribution in [3.05, 3.63) is 53.1 Å². The van der Waals surface area contributed by atoms with E-state index >= 15 is 0 Å². The number of hydrogen-bond acceptors (Lipinski definition) is 6. The minimum Gasteiger partial charge on any atom is -0.493 e. The van der Waals surface area contributed by atoms with Gasteiger partial charge in [0.1, 0.15) is 0 Å². The zero-order valence-corrected chi connectivity index (χ0v) is 19.7. The van der Waals surface area contributed by atoms with Gasteiger partial charge in [0.25, 0.3) is 5.91 Å². The van der Waals surface area contributed by atoms with E-state index in [1.807, 2.05) is 45.9 Å².